The van der Waals surface area contributed by atoms with Gasteiger partial charge in [0, 0.05) is 23.5 Å². The highest BCUT2D eigenvalue weighted by atomic mass is 19.1. The number of carbonyl (C=O) groups excluding carboxylic acids is 2. The summed E-state index contributed by atoms with van der Waals surface area (Å²) < 4.78 is 13.6. The summed E-state index contributed by atoms with van der Waals surface area (Å²) >= 11 is 0. The number of anilines is 2. The zero-order valence-electron chi connectivity index (χ0n) is 12.3. The molecule has 6 heteroatoms. The van der Waals surface area contributed by atoms with Crippen LogP contribution in [0.5, 0.6) is 0 Å². The molecule has 0 unspecified atom stereocenters. The van der Waals surface area contributed by atoms with E-state index in [0.717, 1.165) is 10.9 Å². The molecule has 23 heavy (non-hydrogen) atoms. The summed E-state index contributed by atoms with van der Waals surface area (Å²) in [7, 11) is 0. The van der Waals surface area contributed by atoms with Crippen molar-refractivity contribution >= 4 is 34.1 Å². The van der Waals surface area contributed by atoms with Crippen LogP contribution in [-0.2, 0) is 4.79 Å². The Balaban J connectivity index is 1.83. The third-order valence-electron chi connectivity index (χ3n) is 3.31. The van der Waals surface area contributed by atoms with Gasteiger partial charge in [-0.1, -0.05) is 18.2 Å². The molecule has 1 heterocycles. The zero-order chi connectivity index (χ0) is 16.4. The maximum absolute atomic E-state index is 13.6. The Morgan fingerprint density at radius 2 is 1.83 bits per heavy atom. The van der Waals surface area contributed by atoms with E-state index < -0.39 is 5.82 Å². The van der Waals surface area contributed by atoms with E-state index in [0.29, 0.717) is 11.4 Å². The molecule has 0 radical (unpaired) electrons. The fraction of sp³-hybridized carbons (Fsp3) is 0.0588. The third-order valence-corrected chi connectivity index (χ3v) is 3.31. The molecule has 0 aliphatic rings. The first-order valence-electron chi connectivity index (χ1n) is 6.99. The molecule has 2 aromatic carbocycles. The van der Waals surface area contributed by atoms with Crippen LogP contribution >= 0.6 is 0 Å². The van der Waals surface area contributed by atoms with Gasteiger partial charge in [0.2, 0.25) is 5.91 Å². The lowest BCUT2D eigenvalue weighted by Gasteiger charge is -2.08. The van der Waals surface area contributed by atoms with Crippen molar-refractivity contribution < 1.29 is 14.0 Å². The average molecular weight is 311 g/mol. The quantitative estimate of drug-likeness (QED) is 0.692. The van der Waals surface area contributed by atoms with Crippen LogP contribution in [0.3, 0.4) is 0 Å². The highest BCUT2D eigenvalue weighted by Gasteiger charge is 2.11. The molecular weight excluding hydrogens is 297 g/mol. The molecule has 0 spiro atoms. The number of aromatic nitrogens is 1. The van der Waals surface area contributed by atoms with Gasteiger partial charge in [-0.2, -0.15) is 0 Å². The molecule has 5 nitrogen and oxygen atoms in total. The Morgan fingerprint density at radius 3 is 2.57 bits per heavy atom. The molecule has 2 amide bonds. The molecule has 3 rings (SSSR count). The summed E-state index contributed by atoms with van der Waals surface area (Å²) in [6.45, 7) is 1.29. The molecule has 0 fully saturated rings. The fourth-order valence-corrected chi connectivity index (χ4v) is 2.28. The minimum absolute atomic E-state index is 0.0203. The molecule has 0 saturated heterocycles. The number of fused-ring (bicyclic) bond motifs is 1. The average Bonchev–Trinajstić information content (AvgIpc) is 2.94. The Labute approximate surface area is 131 Å². The van der Waals surface area contributed by atoms with Gasteiger partial charge in [-0.05, 0) is 30.3 Å². The minimum Gasteiger partial charge on any atom is -0.351 e. The molecule has 1 aromatic heterocycles. The van der Waals surface area contributed by atoms with E-state index in [1.54, 1.807) is 6.07 Å². The fourth-order valence-electron chi connectivity index (χ4n) is 2.28. The highest BCUT2D eigenvalue weighted by Crippen LogP contribution is 2.21. The molecule has 0 aliphatic carbocycles. The van der Waals surface area contributed by atoms with Gasteiger partial charge < -0.3 is 15.6 Å². The van der Waals surface area contributed by atoms with E-state index in [2.05, 4.69) is 15.6 Å². The number of amides is 2. The van der Waals surface area contributed by atoms with Crippen LogP contribution in [0.25, 0.3) is 10.9 Å². The van der Waals surface area contributed by atoms with Crippen molar-refractivity contribution in [1.29, 1.82) is 0 Å². The molecule has 0 aliphatic heterocycles. The predicted octanol–water partition coefficient (Wildman–Crippen LogP) is 3.52. The highest BCUT2D eigenvalue weighted by molar-refractivity contribution is 6.06. The minimum atomic E-state index is -0.566. The Bertz CT molecular complexity index is 869. The van der Waals surface area contributed by atoms with Crippen molar-refractivity contribution in [3.63, 3.8) is 0 Å². The lowest BCUT2D eigenvalue weighted by atomic mass is 10.2. The number of carbonyl (C=O) groups is 2. The van der Waals surface area contributed by atoms with Gasteiger partial charge in [0.05, 0.1) is 5.69 Å². The predicted molar refractivity (Wildman–Crippen MR) is 87.0 cm³/mol. The molecule has 3 N–H and O–H groups in total. The van der Waals surface area contributed by atoms with Crippen molar-refractivity contribution in [2.45, 2.75) is 6.92 Å². The molecule has 0 bridgehead atoms. The van der Waals surface area contributed by atoms with E-state index in [1.165, 1.54) is 25.1 Å². The second-order valence-electron chi connectivity index (χ2n) is 5.10. The Kier molecular flexibility index (Phi) is 3.80. The summed E-state index contributed by atoms with van der Waals surface area (Å²) in [5.74, 6) is -1.30. The van der Waals surface area contributed by atoms with Gasteiger partial charge in [0.1, 0.15) is 11.5 Å². The largest absolute Gasteiger partial charge is 0.351 e. The second kappa shape index (κ2) is 5.92. The molecule has 116 valence electrons. The van der Waals surface area contributed by atoms with Crippen LogP contribution < -0.4 is 10.6 Å². The van der Waals surface area contributed by atoms with Crippen molar-refractivity contribution in [2.75, 3.05) is 10.6 Å². The monoisotopic (exact) mass is 311 g/mol. The topological polar surface area (TPSA) is 74.0 Å². The van der Waals surface area contributed by atoms with Gasteiger partial charge in [-0.3, -0.25) is 9.59 Å². The van der Waals surface area contributed by atoms with Crippen molar-refractivity contribution in [3.05, 3.63) is 60.0 Å². The maximum atomic E-state index is 13.6. The first-order chi connectivity index (χ1) is 11.0. The van der Waals surface area contributed by atoms with Crippen molar-refractivity contribution in [1.82, 2.24) is 4.98 Å². The van der Waals surface area contributed by atoms with E-state index in [-0.39, 0.29) is 17.5 Å². The van der Waals surface area contributed by atoms with Crippen LogP contribution in [0.2, 0.25) is 0 Å². The van der Waals surface area contributed by atoms with Crippen LogP contribution in [0, 0.1) is 5.82 Å². The van der Waals surface area contributed by atoms with E-state index in [1.807, 2.05) is 24.3 Å². The zero-order valence-corrected chi connectivity index (χ0v) is 12.3. The summed E-state index contributed by atoms with van der Waals surface area (Å²) in [6.07, 6.45) is 0. The number of hydrogen-bond acceptors (Lipinski definition) is 2. The number of benzene rings is 2. The summed E-state index contributed by atoms with van der Waals surface area (Å²) in [6, 6.07) is 13.3. The number of H-pyrrole nitrogens is 1. The standard InChI is InChI=1S/C17H14FN3O2/c1-10(22)19-15-9-12(6-7-13(15)18)20-17(23)16-8-11-4-2-3-5-14(11)21-16/h2-9,21H,1H3,(H,19,22)(H,20,23). The second-order valence-corrected chi connectivity index (χ2v) is 5.10. The van der Waals surface area contributed by atoms with Gasteiger partial charge in [0.15, 0.2) is 0 Å². The van der Waals surface area contributed by atoms with Crippen molar-refractivity contribution in [2.24, 2.45) is 0 Å². The van der Waals surface area contributed by atoms with Gasteiger partial charge in [0.25, 0.3) is 5.91 Å². The number of nitrogens with one attached hydrogen (secondary N) is 3. The SMILES string of the molecule is CC(=O)Nc1cc(NC(=O)c2cc3ccccc3[nH]2)ccc1F. The maximum Gasteiger partial charge on any atom is 0.272 e. The van der Waals surface area contributed by atoms with E-state index >= 15 is 0 Å². The van der Waals surface area contributed by atoms with Gasteiger partial charge in [-0.15, -0.1) is 0 Å². The molecule has 0 atom stereocenters. The lowest BCUT2D eigenvalue weighted by molar-refractivity contribution is -0.114. The molecule has 3 aromatic rings. The number of rotatable bonds is 3. The summed E-state index contributed by atoms with van der Waals surface area (Å²) in [5, 5.41) is 5.97. The van der Waals surface area contributed by atoms with Gasteiger partial charge in [-0.25, -0.2) is 4.39 Å². The normalized spacial score (nSPS) is 10.5. The van der Waals surface area contributed by atoms with Crippen molar-refractivity contribution in [3.8, 4) is 0 Å². The van der Waals surface area contributed by atoms with E-state index in [4.69, 9.17) is 0 Å². The number of halogens is 1. The van der Waals surface area contributed by atoms with Crippen LogP contribution in [0.15, 0.2) is 48.5 Å². The van der Waals surface area contributed by atoms with Crippen LogP contribution in [0.4, 0.5) is 15.8 Å². The van der Waals surface area contributed by atoms with Crippen LogP contribution in [-0.4, -0.2) is 16.8 Å². The Hall–Kier alpha value is -3.15. The smallest absolute Gasteiger partial charge is 0.272 e. The van der Waals surface area contributed by atoms with E-state index in [9.17, 15) is 14.0 Å². The third kappa shape index (κ3) is 3.21. The summed E-state index contributed by atoms with van der Waals surface area (Å²) in [5.41, 5.74) is 1.66. The first kappa shape index (κ1) is 14.8. The molecule has 0 saturated carbocycles. The summed E-state index contributed by atoms with van der Waals surface area (Å²) in [4.78, 5) is 26.3. The number of para-hydroxylation sites is 1. The first-order valence-corrected chi connectivity index (χ1v) is 6.99. The van der Waals surface area contributed by atoms with Crippen LogP contribution in [0.1, 0.15) is 17.4 Å². The Morgan fingerprint density at radius 1 is 1.04 bits per heavy atom. The lowest BCUT2D eigenvalue weighted by Crippen LogP contribution is -2.13. The number of hydrogen-bond donors (Lipinski definition) is 3. The van der Waals surface area contributed by atoms with Gasteiger partial charge >= 0.3 is 0 Å². The molecular formula is C17H14FN3O2. The number of aromatic amines is 1.